The molecule has 1 atom stereocenters. The van der Waals surface area contributed by atoms with E-state index in [4.69, 9.17) is 4.98 Å². The third-order valence-electron chi connectivity index (χ3n) is 6.20. The van der Waals surface area contributed by atoms with Gasteiger partial charge in [-0.15, -0.1) is 4.80 Å². The Balaban J connectivity index is 1.65. The Labute approximate surface area is 170 Å². The molecular weight excluding hydrogens is 360 g/mol. The Kier molecular flexibility index (Phi) is 3.98. The molecule has 0 spiro atoms. The molecule has 0 unspecified atom stereocenters. The lowest BCUT2D eigenvalue weighted by Crippen LogP contribution is -2.40. The van der Waals surface area contributed by atoms with Crippen LogP contribution in [-0.4, -0.2) is 31.5 Å². The summed E-state index contributed by atoms with van der Waals surface area (Å²) < 4.78 is 0. The van der Waals surface area contributed by atoms with Gasteiger partial charge in [-0.3, -0.25) is 0 Å². The average molecular weight is 385 g/mol. The fourth-order valence-electron chi connectivity index (χ4n) is 4.40. The molecule has 1 fully saturated rings. The van der Waals surface area contributed by atoms with Crippen molar-refractivity contribution >= 4 is 16.7 Å². The number of hydrogen-bond acceptors (Lipinski definition) is 4. The van der Waals surface area contributed by atoms with Gasteiger partial charge >= 0.3 is 0 Å². The first kappa shape index (κ1) is 17.9. The molecule has 0 aliphatic carbocycles. The smallest absolute Gasteiger partial charge is 0.132 e. The topological polar surface area (TPSA) is 62.6 Å². The lowest BCUT2D eigenvalue weighted by Gasteiger charge is -2.36. The summed E-state index contributed by atoms with van der Waals surface area (Å²) in [6.45, 7) is 9.61. The van der Waals surface area contributed by atoms with Gasteiger partial charge in [-0.05, 0) is 81.5 Å². The number of aryl methyl sites for hydroxylation is 3. The maximum atomic E-state index is 5.01. The van der Waals surface area contributed by atoms with Crippen LogP contribution in [0.2, 0.25) is 0 Å². The molecule has 5 rings (SSSR count). The minimum Gasteiger partial charge on any atom is -0.357 e. The van der Waals surface area contributed by atoms with Crippen molar-refractivity contribution in [3.63, 3.8) is 0 Å². The van der Waals surface area contributed by atoms with Crippen molar-refractivity contribution in [3.8, 4) is 5.69 Å². The molecular formula is C23H25N6. The number of nitrogens with zero attached hydrogens (tertiary/aromatic N) is 5. The molecule has 1 aliphatic rings. The summed E-state index contributed by atoms with van der Waals surface area (Å²) in [6, 6.07) is 11.9. The Morgan fingerprint density at radius 2 is 1.83 bits per heavy atom. The molecule has 2 aromatic heterocycles. The first-order valence-electron chi connectivity index (χ1n) is 10.1. The van der Waals surface area contributed by atoms with E-state index in [0.717, 1.165) is 47.6 Å². The molecule has 1 saturated heterocycles. The number of anilines is 1. The second-order valence-electron chi connectivity index (χ2n) is 8.30. The van der Waals surface area contributed by atoms with Crippen LogP contribution >= 0.6 is 0 Å². The highest BCUT2D eigenvalue weighted by Crippen LogP contribution is 2.43. The van der Waals surface area contributed by atoms with E-state index in [1.165, 1.54) is 16.7 Å². The maximum absolute atomic E-state index is 5.01. The first-order chi connectivity index (χ1) is 14.0. The van der Waals surface area contributed by atoms with Gasteiger partial charge in [-0.1, -0.05) is 0 Å². The number of aromatic nitrogens is 5. The number of imidazole rings is 1. The van der Waals surface area contributed by atoms with Crippen molar-refractivity contribution in [3.05, 3.63) is 65.2 Å². The van der Waals surface area contributed by atoms with Gasteiger partial charge in [0, 0.05) is 12.6 Å². The normalized spacial score (nSPS) is 19.4. The van der Waals surface area contributed by atoms with E-state index in [0.29, 0.717) is 0 Å². The van der Waals surface area contributed by atoms with Gasteiger partial charge in [0.1, 0.15) is 11.5 Å². The number of hydrogen-bond donors (Lipinski definition) is 1. The van der Waals surface area contributed by atoms with Crippen LogP contribution in [-0.2, 0) is 5.54 Å². The number of benzene rings is 2. The fraction of sp³-hybridized carbons (Fsp3) is 0.348. The van der Waals surface area contributed by atoms with Crippen molar-refractivity contribution in [2.45, 2.75) is 46.1 Å². The monoisotopic (exact) mass is 385 g/mol. The van der Waals surface area contributed by atoms with Gasteiger partial charge in [0.15, 0.2) is 0 Å². The quantitative estimate of drug-likeness (QED) is 0.568. The maximum Gasteiger partial charge on any atom is 0.132 e. The third kappa shape index (κ3) is 2.82. The average Bonchev–Trinajstić information content (AvgIpc) is 3.42. The molecule has 0 bridgehead atoms. The number of fused-ring (bicyclic) bond motifs is 1. The van der Waals surface area contributed by atoms with Crippen LogP contribution in [0.4, 0.5) is 5.69 Å². The fourth-order valence-corrected chi connectivity index (χ4v) is 4.40. The van der Waals surface area contributed by atoms with E-state index in [-0.39, 0.29) is 5.54 Å². The molecule has 0 saturated carbocycles. The lowest BCUT2D eigenvalue weighted by molar-refractivity contribution is 0.466. The third-order valence-corrected chi connectivity index (χ3v) is 6.20. The Morgan fingerprint density at radius 1 is 1.07 bits per heavy atom. The van der Waals surface area contributed by atoms with Crippen molar-refractivity contribution in [2.24, 2.45) is 0 Å². The summed E-state index contributed by atoms with van der Waals surface area (Å²) in [5.74, 6) is 1.01. The Morgan fingerprint density at radius 3 is 2.62 bits per heavy atom. The van der Waals surface area contributed by atoms with Crippen molar-refractivity contribution < 1.29 is 0 Å². The van der Waals surface area contributed by atoms with E-state index in [9.17, 15) is 0 Å². The molecule has 2 aromatic carbocycles. The van der Waals surface area contributed by atoms with Crippen LogP contribution in [0.3, 0.4) is 0 Å². The zero-order valence-electron chi connectivity index (χ0n) is 17.3. The zero-order valence-corrected chi connectivity index (χ0v) is 17.3. The van der Waals surface area contributed by atoms with Crippen LogP contribution in [0.25, 0.3) is 16.7 Å². The van der Waals surface area contributed by atoms with E-state index >= 15 is 0 Å². The largest absolute Gasteiger partial charge is 0.357 e. The van der Waals surface area contributed by atoms with Crippen molar-refractivity contribution in [1.82, 2.24) is 25.0 Å². The first-order valence-corrected chi connectivity index (χ1v) is 10.1. The molecule has 29 heavy (non-hydrogen) atoms. The standard InChI is InChI=1S/C23H25N6/c1-15-6-7-20(29-24-9-10-25-29)21(12-15)28-11-5-8-23(28,4)22-26-18-13-16(2)17(3)14-19(18)27-22/h6,9-10,12-14H,5,8,11H2,1-4H3,(H,26,27)/t23-/m0/s1. The molecule has 6 heteroatoms. The van der Waals surface area contributed by atoms with Crippen LogP contribution in [0, 0.1) is 26.8 Å². The number of rotatable bonds is 3. The van der Waals surface area contributed by atoms with Crippen molar-refractivity contribution in [1.29, 1.82) is 0 Å². The van der Waals surface area contributed by atoms with Gasteiger partial charge in [0.05, 0.1) is 34.7 Å². The summed E-state index contributed by atoms with van der Waals surface area (Å²) in [4.78, 5) is 12.7. The van der Waals surface area contributed by atoms with Crippen molar-refractivity contribution in [2.75, 3.05) is 11.4 Å². The van der Waals surface area contributed by atoms with E-state index < -0.39 is 0 Å². The Bertz CT molecular complexity index is 1150. The van der Waals surface area contributed by atoms with E-state index in [2.05, 4.69) is 72.0 Å². The molecule has 6 nitrogen and oxygen atoms in total. The zero-order chi connectivity index (χ0) is 20.2. The number of aromatic amines is 1. The lowest BCUT2D eigenvalue weighted by atomic mass is 9.97. The highest BCUT2D eigenvalue weighted by molar-refractivity contribution is 5.78. The summed E-state index contributed by atoms with van der Waals surface area (Å²) in [5, 5.41) is 8.69. The predicted molar refractivity (Wildman–Crippen MR) is 114 cm³/mol. The molecule has 0 amide bonds. The SMILES string of the molecule is Cc1c[c]c(-n2nccn2)c(N2CCC[C@@]2(C)c2nc3cc(C)c(C)cc3[nH]2)c1. The highest BCUT2D eigenvalue weighted by Gasteiger charge is 2.42. The minimum absolute atomic E-state index is 0.232. The summed E-state index contributed by atoms with van der Waals surface area (Å²) >= 11 is 0. The molecule has 1 N–H and O–H groups in total. The second kappa shape index (κ2) is 6.44. The van der Waals surface area contributed by atoms with Gasteiger partial charge in [0.2, 0.25) is 0 Å². The van der Waals surface area contributed by atoms with Gasteiger partial charge in [-0.25, -0.2) is 4.98 Å². The molecule has 4 aromatic rings. The van der Waals surface area contributed by atoms with Gasteiger partial charge in [0.25, 0.3) is 0 Å². The summed E-state index contributed by atoms with van der Waals surface area (Å²) in [5.41, 5.74) is 7.57. The molecule has 3 heterocycles. The van der Waals surface area contributed by atoms with Gasteiger partial charge < -0.3 is 9.88 Å². The minimum atomic E-state index is -0.232. The number of H-pyrrole nitrogens is 1. The molecule has 1 radical (unpaired) electrons. The highest BCUT2D eigenvalue weighted by atomic mass is 15.5. The molecule has 1 aliphatic heterocycles. The predicted octanol–water partition coefficient (Wildman–Crippen LogP) is 4.38. The summed E-state index contributed by atoms with van der Waals surface area (Å²) in [7, 11) is 0. The molecule has 147 valence electrons. The summed E-state index contributed by atoms with van der Waals surface area (Å²) in [6.07, 6.45) is 5.53. The van der Waals surface area contributed by atoms with Gasteiger partial charge in [-0.2, -0.15) is 10.2 Å². The van der Waals surface area contributed by atoms with Crippen LogP contribution in [0.5, 0.6) is 0 Å². The van der Waals surface area contributed by atoms with Crippen LogP contribution < -0.4 is 4.90 Å². The van der Waals surface area contributed by atoms with E-state index in [1.807, 2.05) is 6.07 Å². The second-order valence-corrected chi connectivity index (χ2v) is 8.30. The van der Waals surface area contributed by atoms with Crippen LogP contribution in [0.15, 0.2) is 36.7 Å². The van der Waals surface area contributed by atoms with Crippen LogP contribution in [0.1, 0.15) is 42.3 Å². The number of nitrogens with one attached hydrogen (secondary N) is 1. The Hall–Kier alpha value is -3.15. The van der Waals surface area contributed by atoms with E-state index in [1.54, 1.807) is 17.2 Å².